The van der Waals surface area contributed by atoms with Gasteiger partial charge in [-0.05, 0) is 0 Å². The summed E-state index contributed by atoms with van der Waals surface area (Å²) in [4.78, 5) is 8.90. The van der Waals surface area contributed by atoms with Crippen molar-refractivity contribution in [2.75, 3.05) is 6.61 Å². The zero-order chi connectivity index (χ0) is 7.44. The Morgan fingerprint density at radius 2 is 2.11 bits per heavy atom. The number of hydrogen-bond acceptors (Lipinski definition) is 3. The van der Waals surface area contributed by atoms with E-state index in [1.807, 2.05) is 0 Å². The Bertz CT molecular complexity index is 105. The van der Waals surface area contributed by atoms with E-state index in [4.69, 9.17) is 15.3 Å². The van der Waals surface area contributed by atoms with Crippen molar-refractivity contribution in [1.29, 1.82) is 0 Å². The van der Waals surface area contributed by atoms with Gasteiger partial charge in [0, 0.05) is 0 Å². The summed E-state index contributed by atoms with van der Waals surface area (Å²) in [6.45, 7) is -0.553. The molecule has 0 aromatic carbocycles. The van der Waals surface area contributed by atoms with Crippen LogP contribution < -0.4 is 0 Å². The number of aliphatic hydroxyl groups excluding tert-OH is 2. The highest BCUT2D eigenvalue weighted by molar-refractivity contribution is 9.10. The fraction of sp³-hybridized carbons (Fsp3) is 0.750. The lowest BCUT2D eigenvalue weighted by atomic mass is 10.3. The number of rotatable bonds is 3. The molecule has 54 valence electrons. The van der Waals surface area contributed by atoms with E-state index >= 15 is 0 Å². The van der Waals surface area contributed by atoms with Crippen molar-refractivity contribution in [2.45, 2.75) is 10.9 Å². The van der Waals surface area contributed by atoms with Crippen molar-refractivity contribution >= 4 is 21.9 Å². The van der Waals surface area contributed by atoms with Crippen molar-refractivity contribution in [3.63, 3.8) is 0 Å². The molecule has 5 heteroatoms. The van der Waals surface area contributed by atoms with Crippen LogP contribution in [0.2, 0.25) is 0 Å². The van der Waals surface area contributed by atoms with Crippen molar-refractivity contribution in [3.8, 4) is 0 Å². The minimum Gasteiger partial charge on any atom is -0.480 e. The summed E-state index contributed by atoms with van der Waals surface area (Å²) in [6, 6.07) is 0. The van der Waals surface area contributed by atoms with E-state index in [9.17, 15) is 4.79 Å². The molecular formula is C4H7BrO4. The van der Waals surface area contributed by atoms with Gasteiger partial charge >= 0.3 is 5.97 Å². The zero-order valence-electron chi connectivity index (χ0n) is 4.49. The largest absolute Gasteiger partial charge is 0.480 e. The first kappa shape index (κ1) is 8.87. The highest BCUT2D eigenvalue weighted by atomic mass is 79.9. The molecule has 0 aromatic heterocycles. The number of aliphatic hydroxyl groups is 2. The summed E-state index contributed by atoms with van der Waals surface area (Å²) < 4.78 is 0. The number of carboxylic acid groups (broad SMARTS) is 1. The lowest BCUT2D eigenvalue weighted by Gasteiger charge is -2.08. The molecule has 0 heterocycles. The molecule has 0 bridgehead atoms. The van der Waals surface area contributed by atoms with Gasteiger partial charge in [0.15, 0.2) is 0 Å². The number of carbonyl (C=O) groups is 1. The van der Waals surface area contributed by atoms with Crippen LogP contribution in [0.1, 0.15) is 0 Å². The molecule has 0 rings (SSSR count). The Kier molecular flexibility index (Phi) is 3.76. The first-order chi connectivity index (χ1) is 4.09. The first-order valence-corrected chi connectivity index (χ1v) is 3.17. The van der Waals surface area contributed by atoms with Gasteiger partial charge in [0.1, 0.15) is 10.9 Å². The third kappa shape index (κ3) is 2.78. The van der Waals surface area contributed by atoms with Crippen molar-refractivity contribution in [3.05, 3.63) is 0 Å². The third-order valence-corrected chi connectivity index (χ3v) is 1.76. The standard InChI is InChI=1S/C4H7BrO4/c5-3(4(8)9)2(7)1-6/h2-3,6-7H,1H2,(H,8,9)/t2-,3-/m1/s1. The van der Waals surface area contributed by atoms with Crippen LogP contribution in [-0.2, 0) is 4.79 Å². The van der Waals surface area contributed by atoms with Crippen LogP contribution in [0.3, 0.4) is 0 Å². The molecule has 0 amide bonds. The van der Waals surface area contributed by atoms with Crippen LogP contribution in [0, 0.1) is 0 Å². The molecular weight excluding hydrogens is 192 g/mol. The molecule has 0 fully saturated rings. The van der Waals surface area contributed by atoms with Gasteiger partial charge in [-0.1, -0.05) is 15.9 Å². The van der Waals surface area contributed by atoms with E-state index in [0.29, 0.717) is 0 Å². The third-order valence-electron chi connectivity index (χ3n) is 0.761. The highest BCUT2D eigenvalue weighted by Gasteiger charge is 2.21. The second-order valence-electron chi connectivity index (χ2n) is 1.49. The molecule has 3 N–H and O–H groups in total. The van der Waals surface area contributed by atoms with E-state index in [-0.39, 0.29) is 0 Å². The Labute approximate surface area is 60.2 Å². The smallest absolute Gasteiger partial charge is 0.320 e. The summed E-state index contributed by atoms with van der Waals surface area (Å²) in [5.74, 6) is -1.18. The van der Waals surface area contributed by atoms with Gasteiger partial charge in [-0.15, -0.1) is 0 Å². The topological polar surface area (TPSA) is 77.8 Å². The number of halogens is 1. The average molecular weight is 199 g/mol. The van der Waals surface area contributed by atoms with Crippen LogP contribution in [0.5, 0.6) is 0 Å². The van der Waals surface area contributed by atoms with Gasteiger partial charge in [-0.3, -0.25) is 4.79 Å². The molecule has 0 aliphatic rings. The summed E-state index contributed by atoms with van der Waals surface area (Å²) >= 11 is 2.66. The van der Waals surface area contributed by atoms with Gasteiger partial charge in [0.05, 0.1) is 6.61 Å². The molecule has 0 saturated heterocycles. The molecule has 4 nitrogen and oxygen atoms in total. The van der Waals surface area contributed by atoms with Crippen molar-refractivity contribution < 1.29 is 20.1 Å². The number of aliphatic carboxylic acids is 1. The molecule has 0 saturated carbocycles. The van der Waals surface area contributed by atoms with Crippen LogP contribution in [-0.4, -0.2) is 38.8 Å². The quantitative estimate of drug-likeness (QED) is 0.519. The number of hydrogen-bond donors (Lipinski definition) is 3. The van der Waals surface area contributed by atoms with Crippen molar-refractivity contribution in [1.82, 2.24) is 0 Å². The fourth-order valence-electron chi connectivity index (χ4n) is 0.257. The Morgan fingerprint density at radius 1 is 1.67 bits per heavy atom. The molecule has 0 spiro atoms. The molecule has 0 aliphatic heterocycles. The first-order valence-electron chi connectivity index (χ1n) is 2.25. The van der Waals surface area contributed by atoms with E-state index in [1.54, 1.807) is 0 Å². The molecule has 0 aromatic rings. The predicted molar refractivity (Wildman–Crippen MR) is 33.4 cm³/mol. The second-order valence-corrected chi connectivity index (χ2v) is 2.48. The monoisotopic (exact) mass is 198 g/mol. The van der Waals surface area contributed by atoms with Gasteiger partial charge in [0.2, 0.25) is 0 Å². The summed E-state index contributed by atoms with van der Waals surface area (Å²) in [5.41, 5.74) is 0. The number of carboxylic acids is 1. The molecule has 2 atom stereocenters. The summed E-state index contributed by atoms with van der Waals surface area (Å²) in [5, 5.41) is 25.0. The molecule has 0 aliphatic carbocycles. The second kappa shape index (κ2) is 3.81. The van der Waals surface area contributed by atoms with Crippen LogP contribution in [0.25, 0.3) is 0 Å². The molecule has 0 radical (unpaired) electrons. The minimum atomic E-state index is -1.23. The summed E-state index contributed by atoms with van der Waals surface area (Å²) in [6.07, 6.45) is -1.23. The normalized spacial score (nSPS) is 16.8. The van der Waals surface area contributed by atoms with Gasteiger partial charge in [-0.25, -0.2) is 0 Å². The van der Waals surface area contributed by atoms with E-state index in [2.05, 4.69) is 15.9 Å². The molecule has 0 unspecified atom stereocenters. The predicted octanol–water partition coefficient (Wildman–Crippen LogP) is -0.812. The maximum Gasteiger partial charge on any atom is 0.320 e. The van der Waals surface area contributed by atoms with Crippen molar-refractivity contribution in [2.24, 2.45) is 0 Å². The Balaban J connectivity index is 3.72. The minimum absolute atomic E-state index is 0.553. The average Bonchev–Trinajstić information content (AvgIpc) is 1.84. The van der Waals surface area contributed by atoms with Gasteiger partial charge < -0.3 is 15.3 Å². The van der Waals surface area contributed by atoms with E-state index < -0.39 is 23.5 Å². The van der Waals surface area contributed by atoms with Crippen LogP contribution in [0.15, 0.2) is 0 Å². The maximum absolute atomic E-state index is 9.98. The summed E-state index contributed by atoms with van der Waals surface area (Å²) in [7, 11) is 0. The van der Waals surface area contributed by atoms with Gasteiger partial charge in [-0.2, -0.15) is 0 Å². The Hall–Kier alpha value is -0.130. The molecule has 9 heavy (non-hydrogen) atoms. The fourth-order valence-corrected chi connectivity index (χ4v) is 0.424. The van der Waals surface area contributed by atoms with Crippen LogP contribution in [0.4, 0.5) is 0 Å². The maximum atomic E-state index is 9.98. The SMILES string of the molecule is O=C(O)[C@H](Br)[C@H](O)CO. The highest BCUT2D eigenvalue weighted by Crippen LogP contribution is 2.04. The van der Waals surface area contributed by atoms with Gasteiger partial charge in [0.25, 0.3) is 0 Å². The van der Waals surface area contributed by atoms with Crippen LogP contribution >= 0.6 is 15.9 Å². The Morgan fingerprint density at radius 3 is 2.22 bits per heavy atom. The lowest BCUT2D eigenvalue weighted by Crippen LogP contribution is -2.31. The zero-order valence-corrected chi connectivity index (χ0v) is 6.08. The lowest BCUT2D eigenvalue weighted by molar-refractivity contribution is -0.138. The number of alkyl halides is 1. The van der Waals surface area contributed by atoms with E-state index in [1.165, 1.54) is 0 Å². The van der Waals surface area contributed by atoms with E-state index in [0.717, 1.165) is 0 Å².